The van der Waals surface area contributed by atoms with E-state index in [0.717, 1.165) is 5.56 Å². The van der Waals surface area contributed by atoms with Crippen molar-refractivity contribution in [1.29, 1.82) is 0 Å². The van der Waals surface area contributed by atoms with Gasteiger partial charge in [0.2, 0.25) is 10.0 Å². The Morgan fingerprint density at radius 3 is 2.66 bits per heavy atom. The van der Waals surface area contributed by atoms with Crippen molar-refractivity contribution >= 4 is 27.7 Å². The highest BCUT2D eigenvalue weighted by atomic mass is 32.2. The van der Waals surface area contributed by atoms with Crippen LogP contribution in [0.15, 0.2) is 76.2 Å². The number of hydrogen-bond donors (Lipinski definition) is 2. The maximum atomic E-state index is 12.5. The minimum absolute atomic E-state index is 0.0176. The van der Waals surface area contributed by atoms with Crippen LogP contribution in [0.2, 0.25) is 0 Å². The molecule has 9 heteroatoms. The Morgan fingerprint density at radius 1 is 1.09 bits per heavy atom. The van der Waals surface area contributed by atoms with Gasteiger partial charge in [-0.15, -0.1) is 0 Å². The normalized spacial score (nSPS) is 11.4. The van der Waals surface area contributed by atoms with E-state index in [1.807, 2.05) is 25.1 Å². The number of amides is 1. The highest BCUT2D eigenvalue weighted by Gasteiger charge is 2.16. The summed E-state index contributed by atoms with van der Waals surface area (Å²) in [5, 5.41) is 2.64. The molecule has 0 saturated heterocycles. The molecule has 168 valence electrons. The van der Waals surface area contributed by atoms with Crippen LogP contribution in [-0.2, 0) is 21.4 Å². The van der Waals surface area contributed by atoms with Gasteiger partial charge in [-0.25, -0.2) is 13.1 Å². The topological polar surface area (TPSA) is 107 Å². The summed E-state index contributed by atoms with van der Waals surface area (Å²) >= 11 is 0. The van der Waals surface area contributed by atoms with Crippen molar-refractivity contribution in [3.63, 3.8) is 0 Å². The SMILES string of the molecule is CC=Cc1ccc(OCC(=O)Nc2cccc(S(=O)(=O)NCc3ccco3)c2)c(OC)c1. The van der Waals surface area contributed by atoms with Crippen molar-refractivity contribution in [2.75, 3.05) is 19.0 Å². The summed E-state index contributed by atoms with van der Waals surface area (Å²) in [5.41, 5.74) is 1.27. The van der Waals surface area contributed by atoms with E-state index in [9.17, 15) is 13.2 Å². The number of furan rings is 1. The summed E-state index contributed by atoms with van der Waals surface area (Å²) in [4.78, 5) is 12.3. The van der Waals surface area contributed by atoms with E-state index in [2.05, 4.69) is 10.0 Å². The lowest BCUT2D eigenvalue weighted by atomic mass is 10.2. The number of rotatable bonds is 10. The smallest absolute Gasteiger partial charge is 0.262 e. The van der Waals surface area contributed by atoms with E-state index in [0.29, 0.717) is 22.9 Å². The van der Waals surface area contributed by atoms with E-state index in [1.165, 1.54) is 25.5 Å². The summed E-state index contributed by atoms with van der Waals surface area (Å²) < 4.78 is 43.5. The lowest BCUT2D eigenvalue weighted by Crippen LogP contribution is -2.24. The Bertz CT molecular complexity index is 1190. The molecule has 0 unspecified atom stereocenters. The van der Waals surface area contributed by atoms with Gasteiger partial charge in [-0.05, 0) is 55.0 Å². The van der Waals surface area contributed by atoms with Crippen molar-refractivity contribution < 1.29 is 27.1 Å². The molecular formula is C23H24N2O6S. The molecule has 0 aliphatic carbocycles. The average Bonchev–Trinajstić information content (AvgIpc) is 3.31. The van der Waals surface area contributed by atoms with E-state index in [-0.39, 0.29) is 18.0 Å². The molecule has 1 amide bonds. The third kappa shape index (κ3) is 6.22. The number of benzene rings is 2. The second-order valence-corrected chi connectivity index (χ2v) is 8.45. The Kier molecular flexibility index (Phi) is 7.69. The molecule has 0 saturated carbocycles. The van der Waals surface area contributed by atoms with Crippen LogP contribution in [0.5, 0.6) is 11.5 Å². The standard InChI is InChI=1S/C23H24N2O6S/c1-3-6-17-10-11-21(22(13-17)29-2)31-16-23(26)25-18-7-4-9-20(14-18)32(27,28)24-15-19-8-5-12-30-19/h3-14,24H,15-16H2,1-2H3,(H,25,26). The van der Waals surface area contributed by atoms with Crippen LogP contribution in [-0.4, -0.2) is 28.0 Å². The first-order valence-corrected chi connectivity index (χ1v) is 11.2. The molecule has 8 nitrogen and oxygen atoms in total. The summed E-state index contributed by atoms with van der Waals surface area (Å²) in [6.45, 7) is 1.66. The van der Waals surface area contributed by atoms with Crippen LogP contribution in [0.4, 0.5) is 5.69 Å². The maximum Gasteiger partial charge on any atom is 0.262 e. The van der Waals surface area contributed by atoms with Crippen molar-refractivity contribution in [2.24, 2.45) is 0 Å². The fourth-order valence-corrected chi connectivity index (χ4v) is 3.88. The third-order valence-electron chi connectivity index (χ3n) is 4.35. The average molecular weight is 457 g/mol. The van der Waals surface area contributed by atoms with Gasteiger partial charge < -0.3 is 19.2 Å². The van der Waals surface area contributed by atoms with E-state index >= 15 is 0 Å². The highest BCUT2D eigenvalue weighted by Crippen LogP contribution is 2.28. The fraction of sp³-hybridized carbons (Fsp3) is 0.174. The Morgan fingerprint density at radius 2 is 1.94 bits per heavy atom. The summed E-state index contributed by atoms with van der Waals surface area (Å²) in [5.74, 6) is 0.977. The first kappa shape index (κ1) is 23.1. The van der Waals surface area contributed by atoms with Gasteiger partial charge in [0, 0.05) is 5.69 Å². The third-order valence-corrected chi connectivity index (χ3v) is 5.75. The summed E-state index contributed by atoms with van der Waals surface area (Å²) in [6, 6.07) is 14.7. The van der Waals surface area contributed by atoms with Gasteiger partial charge >= 0.3 is 0 Å². The quantitative estimate of drug-likeness (QED) is 0.480. The zero-order valence-electron chi connectivity index (χ0n) is 17.7. The predicted molar refractivity (Wildman–Crippen MR) is 121 cm³/mol. The van der Waals surface area contributed by atoms with E-state index in [1.54, 1.807) is 36.4 Å². The number of hydrogen-bond acceptors (Lipinski definition) is 6. The van der Waals surface area contributed by atoms with Crippen LogP contribution < -0.4 is 19.5 Å². The van der Waals surface area contributed by atoms with Crippen LogP contribution in [0.3, 0.4) is 0 Å². The van der Waals surface area contributed by atoms with E-state index < -0.39 is 15.9 Å². The predicted octanol–water partition coefficient (Wildman–Crippen LogP) is 3.82. The first-order valence-electron chi connectivity index (χ1n) is 9.77. The number of nitrogens with one attached hydrogen (secondary N) is 2. The molecule has 0 spiro atoms. The van der Waals surface area contributed by atoms with Crippen molar-refractivity contribution in [1.82, 2.24) is 4.72 Å². The fourth-order valence-electron chi connectivity index (χ4n) is 2.84. The first-order chi connectivity index (χ1) is 15.4. The van der Waals surface area contributed by atoms with Gasteiger partial charge in [0.05, 0.1) is 24.8 Å². The van der Waals surface area contributed by atoms with Gasteiger partial charge in [-0.3, -0.25) is 4.79 Å². The molecule has 0 atom stereocenters. The zero-order valence-corrected chi connectivity index (χ0v) is 18.5. The number of allylic oxidation sites excluding steroid dienone is 1. The molecule has 0 radical (unpaired) electrons. The van der Waals surface area contributed by atoms with Crippen molar-refractivity contribution in [2.45, 2.75) is 18.4 Å². The molecule has 2 aromatic carbocycles. The van der Waals surface area contributed by atoms with Gasteiger partial charge in [-0.1, -0.05) is 24.3 Å². The number of sulfonamides is 1. The summed E-state index contributed by atoms with van der Waals surface area (Å²) in [7, 11) is -2.26. The van der Waals surface area contributed by atoms with Crippen LogP contribution in [0, 0.1) is 0 Å². The number of ether oxygens (including phenoxy) is 2. The van der Waals surface area contributed by atoms with Gasteiger partial charge in [0.25, 0.3) is 5.91 Å². The molecule has 0 aliphatic heterocycles. The molecule has 1 heterocycles. The molecule has 3 rings (SSSR count). The van der Waals surface area contributed by atoms with Crippen LogP contribution in [0.25, 0.3) is 6.08 Å². The molecule has 2 N–H and O–H groups in total. The molecule has 0 fully saturated rings. The van der Waals surface area contributed by atoms with Gasteiger partial charge in [0.1, 0.15) is 5.76 Å². The highest BCUT2D eigenvalue weighted by molar-refractivity contribution is 7.89. The molecule has 0 bridgehead atoms. The molecular weight excluding hydrogens is 432 g/mol. The zero-order chi connectivity index (χ0) is 23.0. The minimum atomic E-state index is -3.78. The lowest BCUT2D eigenvalue weighted by Gasteiger charge is -2.12. The van der Waals surface area contributed by atoms with Gasteiger partial charge in [0.15, 0.2) is 18.1 Å². The Balaban J connectivity index is 1.61. The summed E-state index contributed by atoms with van der Waals surface area (Å²) in [6.07, 6.45) is 5.29. The van der Waals surface area contributed by atoms with Crippen LogP contribution >= 0.6 is 0 Å². The molecule has 32 heavy (non-hydrogen) atoms. The number of carbonyl (C=O) groups excluding carboxylic acids is 1. The van der Waals surface area contributed by atoms with Crippen LogP contribution in [0.1, 0.15) is 18.2 Å². The molecule has 3 aromatic rings. The lowest BCUT2D eigenvalue weighted by molar-refractivity contribution is -0.118. The van der Waals surface area contributed by atoms with Gasteiger partial charge in [-0.2, -0.15) is 0 Å². The Labute approximate surface area is 186 Å². The maximum absolute atomic E-state index is 12.5. The largest absolute Gasteiger partial charge is 0.493 e. The van der Waals surface area contributed by atoms with E-state index in [4.69, 9.17) is 13.9 Å². The number of methoxy groups -OCH3 is 1. The Hall–Kier alpha value is -3.56. The number of anilines is 1. The molecule has 0 aliphatic rings. The van der Waals surface area contributed by atoms with Crippen molar-refractivity contribution in [3.8, 4) is 11.5 Å². The minimum Gasteiger partial charge on any atom is -0.493 e. The van der Waals surface area contributed by atoms with Crippen molar-refractivity contribution in [3.05, 3.63) is 78.3 Å². The monoisotopic (exact) mass is 456 g/mol. The second kappa shape index (κ2) is 10.7. The number of carbonyl (C=O) groups is 1. The second-order valence-electron chi connectivity index (χ2n) is 6.68. The molecule has 1 aromatic heterocycles.